The highest BCUT2D eigenvalue weighted by molar-refractivity contribution is 6.16. The number of hydrazine groups is 1. The fraction of sp³-hybridized carbons (Fsp3) is 0.0667. The van der Waals surface area contributed by atoms with Crippen LogP contribution < -0.4 is 16.3 Å². The fourth-order valence-electron chi connectivity index (χ4n) is 1.69. The normalized spacial score (nSPS) is 13.3. The number of pyridine rings is 1. The number of carbonyl (C=O) groups excluding carboxylic acids is 2. The van der Waals surface area contributed by atoms with E-state index in [4.69, 9.17) is 5.26 Å². The van der Waals surface area contributed by atoms with Crippen LogP contribution in [0.5, 0.6) is 0 Å². The van der Waals surface area contributed by atoms with Gasteiger partial charge in [0.1, 0.15) is 0 Å². The first-order chi connectivity index (χ1) is 12.5. The number of nitrogens with zero attached hydrogens (tertiary/aromatic N) is 4. The molecule has 0 fully saturated rings. The van der Waals surface area contributed by atoms with Crippen molar-refractivity contribution in [1.82, 2.24) is 21.3 Å². The molecule has 1 heterocycles. The van der Waals surface area contributed by atoms with Gasteiger partial charge >= 0.3 is 0 Å². The van der Waals surface area contributed by atoms with Gasteiger partial charge in [-0.1, -0.05) is 0 Å². The molecule has 1 aliphatic rings. The lowest BCUT2D eigenvalue weighted by molar-refractivity contribution is -0.377. The van der Waals surface area contributed by atoms with Crippen molar-refractivity contribution in [3.05, 3.63) is 64.8 Å². The van der Waals surface area contributed by atoms with Crippen molar-refractivity contribution in [3.63, 3.8) is 0 Å². The van der Waals surface area contributed by atoms with Gasteiger partial charge in [0.05, 0.1) is 17.3 Å². The molecule has 1 atom stereocenters. The Bertz CT molecular complexity index is 830. The van der Waals surface area contributed by atoms with Crippen molar-refractivity contribution < 1.29 is 14.5 Å². The molecular formula is C15H12N7O4-. The summed E-state index contributed by atoms with van der Waals surface area (Å²) in [7, 11) is 0. The summed E-state index contributed by atoms with van der Waals surface area (Å²) in [5.74, 6) is -1.44. The summed E-state index contributed by atoms with van der Waals surface area (Å²) < 4.78 is 0. The molecule has 0 aromatic carbocycles. The number of hydrogen-bond donors (Lipinski definition) is 3. The van der Waals surface area contributed by atoms with Crippen molar-refractivity contribution >= 4 is 23.2 Å². The molecule has 2 rings (SSSR count). The minimum Gasteiger partial charge on any atom is -0.612 e. The van der Waals surface area contributed by atoms with Crippen molar-refractivity contribution in [3.8, 4) is 6.07 Å². The molecular weight excluding hydrogens is 342 g/mol. The minimum atomic E-state index is -1.39. The van der Waals surface area contributed by atoms with Gasteiger partial charge in [-0.3, -0.25) is 30.9 Å². The molecule has 1 aliphatic carbocycles. The second-order valence-corrected chi connectivity index (χ2v) is 4.76. The van der Waals surface area contributed by atoms with Gasteiger partial charge in [-0.15, -0.1) is 0 Å². The van der Waals surface area contributed by atoms with Crippen LogP contribution in [0.15, 0.2) is 53.9 Å². The molecule has 0 bridgehead atoms. The van der Waals surface area contributed by atoms with E-state index in [2.05, 4.69) is 26.4 Å². The Hall–Kier alpha value is -4.20. The van der Waals surface area contributed by atoms with E-state index in [0.29, 0.717) is 0 Å². The summed E-state index contributed by atoms with van der Waals surface area (Å²) in [6.07, 6.45) is 7.96. The van der Waals surface area contributed by atoms with Gasteiger partial charge < -0.3 is 10.4 Å². The zero-order valence-corrected chi connectivity index (χ0v) is 13.1. The highest BCUT2D eigenvalue weighted by Gasteiger charge is 2.18. The molecule has 11 nitrogen and oxygen atoms in total. The third-order valence-corrected chi connectivity index (χ3v) is 3.00. The van der Waals surface area contributed by atoms with Crippen LogP contribution >= 0.6 is 0 Å². The Kier molecular flexibility index (Phi) is 6.00. The first kappa shape index (κ1) is 18.1. The number of amides is 2. The quantitative estimate of drug-likeness (QED) is 0.363. The molecule has 1 aromatic rings. The molecule has 2 amide bonds. The molecule has 11 heteroatoms. The number of aromatic nitrogens is 1. The van der Waals surface area contributed by atoms with Crippen molar-refractivity contribution in [2.75, 3.05) is 0 Å². The average Bonchev–Trinajstić information content (AvgIpc) is 2.67. The van der Waals surface area contributed by atoms with Gasteiger partial charge in [-0.25, -0.2) is 0 Å². The Morgan fingerprint density at radius 1 is 1.23 bits per heavy atom. The number of nitriles is 1. The lowest BCUT2D eigenvalue weighted by Gasteiger charge is -2.12. The lowest BCUT2D eigenvalue weighted by atomic mass is 10.1. The zero-order valence-electron chi connectivity index (χ0n) is 13.1. The first-order valence-electron chi connectivity index (χ1n) is 7.12. The first-order valence-corrected chi connectivity index (χ1v) is 7.12. The predicted octanol–water partition coefficient (Wildman–Crippen LogP) is -0.745. The topological polar surface area (TPSA) is 168 Å². The maximum Gasteiger partial charge on any atom is 0.277 e. The molecule has 0 saturated carbocycles. The van der Waals surface area contributed by atoms with Gasteiger partial charge in [-0.2, -0.15) is 15.3 Å². The Morgan fingerprint density at radius 2 is 1.96 bits per heavy atom. The predicted molar refractivity (Wildman–Crippen MR) is 90.1 cm³/mol. The Labute approximate surface area is 147 Å². The Morgan fingerprint density at radius 3 is 2.54 bits per heavy atom. The van der Waals surface area contributed by atoms with Crippen LogP contribution in [-0.4, -0.2) is 39.2 Å². The third-order valence-electron chi connectivity index (χ3n) is 3.00. The number of rotatable bonds is 4. The van der Waals surface area contributed by atoms with E-state index in [-0.39, 0.29) is 17.0 Å². The number of carbonyl (C=O) groups is 2. The summed E-state index contributed by atoms with van der Waals surface area (Å²) in [5, 5.41) is 34.0. The van der Waals surface area contributed by atoms with Crippen LogP contribution in [-0.2, 0) is 4.79 Å². The SMILES string of the molecule is N#C[C@@H](NN=C1C=CC(=[N+]([O-])[O-])C=C1)C(=O)NNC(=O)c1cccnc1. The van der Waals surface area contributed by atoms with Gasteiger partial charge in [0.15, 0.2) is 0 Å². The highest BCUT2D eigenvalue weighted by Crippen LogP contribution is 1.97. The molecule has 1 aromatic heterocycles. The van der Waals surface area contributed by atoms with Gasteiger partial charge in [0, 0.05) is 24.5 Å². The molecule has 0 saturated heterocycles. The van der Waals surface area contributed by atoms with Crippen molar-refractivity contribution in [2.45, 2.75) is 6.04 Å². The molecule has 132 valence electrons. The number of hydrogen-bond acceptors (Lipinski definition) is 8. The van der Waals surface area contributed by atoms with Gasteiger partial charge in [0.25, 0.3) is 11.8 Å². The monoisotopic (exact) mass is 354 g/mol. The average molecular weight is 354 g/mol. The standard InChI is InChI=1S/C15H12N7O4/c16-8-13(19-18-11-3-5-12(6-4-11)22(25)26)15(24)21-20-14(23)10-2-1-7-17-9-10/h1-7,9,13,19H,(H2-,18,20,21,23,24,25,26)/q-1/t13-/m1/s1. The molecule has 0 radical (unpaired) electrons. The molecule has 0 spiro atoms. The second kappa shape index (κ2) is 8.60. The molecule has 0 unspecified atom stereocenters. The summed E-state index contributed by atoms with van der Waals surface area (Å²) >= 11 is 0. The smallest absolute Gasteiger partial charge is 0.277 e. The van der Waals surface area contributed by atoms with Crippen LogP contribution in [0.2, 0.25) is 0 Å². The third kappa shape index (κ3) is 4.90. The van der Waals surface area contributed by atoms with Crippen LogP contribution in [0, 0.1) is 21.7 Å². The van der Waals surface area contributed by atoms with E-state index in [9.17, 15) is 20.0 Å². The molecule has 26 heavy (non-hydrogen) atoms. The van der Waals surface area contributed by atoms with E-state index in [1.165, 1.54) is 42.8 Å². The number of hydrazone groups is 1. The zero-order chi connectivity index (χ0) is 18.9. The summed E-state index contributed by atoms with van der Waals surface area (Å²) in [5.41, 5.74) is 6.95. The lowest BCUT2D eigenvalue weighted by Crippen LogP contribution is -2.49. The fourth-order valence-corrected chi connectivity index (χ4v) is 1.69. The summed E-state index contributed by atoms with van der Waals surface area (Å²) in [6.45, 7) is 0. The van der Waals surface area contributed by atoms with Crippen molar-refractivity contribution in [1.29, 1.82) is 5.26 Å². The number of allylic oxidation sites excluding steroid dienone is 4. The van der Waals surface area contributed by atoms with E-state index in [1.807, 2.05) is 0 Å². The maximum atomic E-state index is 11.9. The van der Waals surface area contributed by atoms with Crippen LogP contribution in [0.1, 0.15) is 10.4 Å². The van der Waals surface area contributed by atoms with Crippen LogP contribution in [0.3, 0.4) is 0 Å². The van der Waals surface area contributed by atoms with E-state index in [0.717, 1.165) is 0 Å². The van der Waals surface area contributed by atoms with E-state index in [1.54, 1.807) is 12.1 Å². The summed E-state index contributed by atoms with van der Waals surface area (Å²) in [6, 6.07) is 3.34. The van der Waals surface area contributed by atoms with Crippen LogP contribution in [0.25, 0.3) is 0 Å². The van der Waals surface area contributed by atoms with Crippen LogP contribution in [0.4, 0.5) is 0 Å². The maximum absolute atomic E-state index is 11.9. The van der Waals surface area contributed by atoms with Gasteiger partial charge in [0.2, 0.25) is 11.8 Å². The second-order valence-electron chi connectivity index (χ2n) is 4.76. The molecule has 3 N–H and O–H groups in total. The minimum absolute atomic E-state index is 0.114. The largest absolute Gasteiger partial charge is 0.612 e. The van der Waals surface area contributed by atoms with Crippen molar-refractivity contribution in [2.24, 2.45) is 5.10 Å². The number of nitrogens with one attached hydrogen (secondary N) is 3. The molecule has 0 aliphatic heterocycles. The van der Waals surface area contributed by atoms with E-state index >= 15 is 0 Å². The highest BCUT2D eigenvalue weighted by atomic mass is 16.8. The van der Waals surface area contributed by atoms with Gasteiger partial charge in [-0.05, 0) is 24.3 Å². The van der Waals surface area contributed by atoms with E-state index < -0.39 is 22.8 Å². The summed E-state index contributed by atoms with van der Waals surface area (Å²) in [4.78, 5) is 26.9. The Balaban J connectivity index is 1.90.